The zero-order chi connectivity index (χ0) is 16.9. The van der Waals surface area contributed by atoms with Gasteiger partial charge in [-0.2, -0.15) is 0 Å². The highest BCUT2D eigenvalue weighted by Gasteiger charge is 2.14. The Labute approximate surface area is 139 Å². The lowest BCUT2D eigenvalue weighted by Crippen LogP contribution is -2.23. The lowest BCUT2D eigenvalue weighted by atomic mass is 10.0. The normalized spacial score (nSPS) is 10.6. The van der Waals surface area contributed by atoms with Crippen LogP contribution in [0.1, 0.15) is 21.5 Å². The maximum Gasteiger partial charge on any atom is 0.253 e. The van der Waals surface area contributed by atoms with E-state index in [1.807, 2.05) is 24.3 Å². The third-order valence-electron chi connectivity index (χ3n) is 3.87. The van der Waals surface area contributed by atoms with E-state index >= 15 is 0 Å². The minimum absolute atomic E-state index is 0.0724. The largest absolute Gasteiger partial charge is 0.392 e. The average molecular weight is 324 g/mol. The van der Waals surface area contributed by atoms with E-state index in [-0.39, 0.29) is 18.3 Å². The number of nitrogens with one attached hydrogen (secondary N) is 2. The molecule has 1 amide bonds. The number of carbonyl (C=O) groups excluding carboxylic acids is 1. The third kappa shape index (κ3) is 3.36. The second-order valence-corrected chi connectivity index (χ2v) is 5.40. The van der Waals surface area contributed by atoms with Crippen LogP contribution in [0.2, 0.25) is 0 Å². The summed E-state index contributed by atoms with van der Waals surface area (Å²) in [4.78, 5) is 15.4. The Bertz CT molecular complexity index is 841. The summed E-state index contributed by atoms with van der Waals surface area (Å²) < 4.78 is 13.1. The van der Waals surface area contributed by atoms with E-state index in [1.165, 1.54) is 12.1 Å². The Kier molecular flexibility index (Phi) is 4.72. The topological polar surface area (TPSA) is 65.1 Å². The van der Waals surface area contributed by atoms with Crippen LogP contribution in [0.25, 0.3) is 11.1 Å². The number of hydrogen-bond acceptors (Lipinski definition) is 2. The van der Waals surface area contributed by atoms with Crippen molar-refractivity contribution in [3.8, 4) is 11.1 Å². The molecule has 4 nitrogen and oxygen atoms in total. The first-order chi connectivity index (χ1) is 11.7. The van der Waals surface area contributed by atoms with Gasteiger partial charge in [0.1, 0.15) is 5.82 Å². The maximum absolute atomic E-state index is 13.1. The first-order valence-electron chi connectivity index (χ1n) is 7.57. The fraction of sp³-hybridized carbons (Fsp3) is 0.105. The van der Waals surface area contributed by atoms with Gasteiger partial charge in [-0.25, -0.2) is 4.39 Å². The van der Waals surface area contributed by atoms with Crippen molar-refractivity contribution < 1.29 is 14.3 Å². The number of aromatic amines is 1. The molecular weight excluding hydrogens is 307 g/mol. The number of carbonyl (C=O) groups is 1. The molecule has 0 fully saturated rings. The molecule has 2 aromatic carbocycles. The van der Waals surface area contributed by atoms with Gasteiger partial charge in [-0.3, -0.25) is 4.79 Å². The number of amides is 1. The van der Waals surface area contributed by atoms with Gasteiger partial charge < -0.3 is 15.4 Å². The quantitative estimate of drug-likeness (QED) is 0.674. The van der Waals surface area contributed by atoms with Crippen LogP contribution in [0.4, 0.5) is 4.39 Å². The Morgan fingerprint density at radius 2 is 1.75 bits per heavy atom. The molecule has 0 saturated heterocycles. The van der Waals surface area contributed by atoms with E-state index in [0.717, 1.165) is 16.7 Å². The fourth-order valence-electron chi connectivity index (χ4n) is 2.57. The van der Waals surface area contributed by atoms with Crippen LogP contribution < -0.4 is 5.32 Å². The maximum atomic E-state index is 13.1. The van der Waals surface area contributed by atoms with Crippen LogP contribution in [0, 0.1) is 5.82 Å². The summed E-state index contributed by atoms with van der Waals surface area (Å²) in [5.74, 6) is -0.552. The molecule has 3 N–H and O–H groups in total. The van der Waals surface area contributed by atoms with Gasteiger partial charge in [0.15, 0.2) is 0 Å². The van der Waals surface area contributed by atoms with Crippen molar-refractivity contribution in [1.82, 2.24) is 10.3 Å². The highest BCUT2D eigenvalue weighted by molar-refractivity contribution is 6.00. The smallest absolute Gasteiger partial charge is 0.253 e. The fourth-order valence-corrected chi connectivity index (χ4v) is 2.57. The molecule has 1 aromatic heterocycles. The van der Waals surface area contributed by atoms with Gasteiger partial charge in [0.25, 0.3) is 5.91 Å². The molecule has 0 radical (unpaired) electrons. The predicted molar refractivity (Wildman–Crippen MR) is 89.7 cm³/mol. The molecule has 3 aromatic rings. The lowest BCUT2D eigenvalue weighted by Gasteiger charge is -2.09. The van der Waals surface area contributed by atoms with Crippen molar-refractivity contribution in [3.05, 3.63) is 83.4 Å². The summed E-state index contributed by atoms with van der Waals surface area (Å²) in [5.41, 5.74) is 3.61. The van der Waals surface area contributed by atoms with Crippen LogP contribution in [-0.2, 0) is 13.2 Å². The van der Waals surface area contributed by atoms with E-state index in [4.69, 9.17) is 0 Å². The van der Waals surface area contributed by atoms with Crippen LogP contribution >= 0.6 is 0 Å². The number of rotatable bonds is 5. The van der Waals surface area contributed by atoms with Crippen LogP contribution in [0.15, 0.2) is 60.9 Å². The first kappa shape index (κ1) is 16.0. The first-order valence-corrected chi connectivity index (χ1v) is 7.57. The summed E-state index contributed by atoms with van der Waals surface area (Å²) in [6.45, 7) is 0.251. The van der Waals surface area contributed by atoms with Crippen LogP contribution in [-0.4, -0.2) is 16.0 Å². The number of halogens is 1. The molecular formula is C19H17FN2O2. The Hall–Kier alpha value is -2.92. The number of H-pyrrole nitrogens is 1. The van der Waals surface area contributed by atoms with E-state index in [0.29, 0.717) is 17.7 Å². The molecule has 24 heavy (non-hydrogen) atoms. The number of aliphatic hydroxyl groups is 1. The SMILES string of the molecule is O=C(NCc1ccccc1CO)c1c[nH]cc1-c1ccc(F)cc1. The molecule has 3 rings (SSSR count). The van der Waals surface area contributed by atoms with Gasteiger partial charge >= 0.3 is 0 Å². The highest BCUT2D eigenvalue weighted by atomic mass is 19.1. The average Bonchev–Trinajstić information content (AvgIpc) is 3.10. The number of aromatic nitrogens is 1. The van der Waals surface area contributed by atoms with E-state index in [1.54, 1.807) is 24.5 Å². The van der Waals surface area contributed by atoms with Crippen molar-refractivity contribution in [2.45, 2.75) is 13.2 Å². The van der Waals surface area contributed by atoms with Crippen molar-refractivity contribution in [3.63, 3.8) is 0 Å². The Morgan fingerprint density at radius 3 is 2.46 bits per heavy atom. The molecule has 0 bridgehead atoms. The number of aliphatic hydroxyl groups excluding tert-OH is 1. The van der Waals surface area contributed by atoms with Crippen molar-refractivity contribution >= 4 is 5.91 Å². The summed E-state index contributed by atoms with van der Waals surface area (Å²) in [5, 5.41) is 12.2. The summed E-state index contributed by atoms with van der Waals surface area (Å²) in [6, 6.07) is 13.4. The van der Waals surface area contributed by atoms with Gasteiger partial charge in [0, 0.05) is 24.5 Å². The molecule has 0 aliphatic carbocycles. The second kappa shape index (κ2) is 7.10. The zero-order valence-electron chi connectivity index (χ0n) is 12.9. The molecule has 0 spiro atoms. The van der Waals surface area contributed by atoms with Crippen molar-refractivity contribution in [2.24, 2.45) is 0 Å². The van der Waals surface area contributed by atoms with Gasteiger partial charge in [-0.15, -0.1) is 0 Å². The standard InChI is InChI=1S/C19H17FN2O2/c20-16-7-5-13(6-8-16)17-10-21-11-18(17)19(24)22-9-14-3-1-2-4-15(14)12-23/h1-8,10-11,21,23H,9,12H2,(H,22,24). The molecule has 0 aliphatic rings. The molecule has 0 atom stereocenters. The second-order valence-electron chi connectivity index (χ2n) is 5.40. The minimum Gasteiger partial charge on any atom is -0.392 e. The summed E-state index contributed by atoms with van der Waals surface area (Å²) >= 11 is 0. The van der Waals surface area contributed by atoms with Crippen LogP contribution in [0.5, 0.6) is 0 Å². The van der Waals surface area contributed by atoms with Crippen molar-refractivity contribution in [2.75, 3.05) is 0 Å². The molecule has 0 unspecified atom stereocenters. The highest BCUT2D eigenvalue weighted by Crippen LogP contribution is 2.23. The van der Waals surface area contributed by atoms with E-state index in [9.17, 15) is 14.3 Å². The Morgan fingerprint density at radius 1 is 1.04 bits per heavy atom. The third-order valence-corrected chi connectivity index (χ3v) is 3.87. The van der Waals surface area contributed by atoms with Gasteiger partial charge in [-0.05, 0) is 28.8 Å². The number of hydrogen-bond donors (Lipinski definition) is 3. The molecule has 0 saturated carbocycles. The minimum atomic E-state index is -0.319. The van der Waals surface area contributed by atoms with Gasteiger partial charge in [0.2, 0.25) is 0 Å². The summed E-state index contributed by atoms with van der Waals surface area (Å²) in [7, 11) is 0. The monoisotopic (exact) mass is 324 g/mol. The number of benzene rings is 2. The van der Waals surface area contributed by atoms with Crippen LogP contribution in [0.3, 0.4) is 0 Å². The summed E-state index contributed by atoms with van der Waals surface area (Å²) in [6.07, 6.45) is 3.33. The molecule has 1 heterocycles. The molecule has 122 valence electrons. The van der Waals surface area contributed by atoms with E-state index in [2.05, 4.69) is 10.3 Å². The van der Waals surface area contributed by atoms with Gasteiger partial charge in [0.05, 0.1) is 12.2 Å². The van der Waals surface area contributed by atoms with E-state index < -0.39 is 0 Å². The van der Waals surface area contributed by atoms with Crippen molar-refractivity contribution in [1.29, 1.82) is 0 Å². The zero-order valence-corrected chi connectivity index (χ0v) is 12.9. The van der Waals surface area contributed by atoms with Gasteiger partial charge in [-0.1, -0.05) is 36.4 Å². The Balaban J connectivity index is 1.77. The molecule has 5 heteroatoms. The predicted octanol–water partition coefficient (Wildman–Crippen LogP) is 3.24. The lowest BCUT2D eigenvalue weighted by molar-refractivity contribution is 0.0951. The molecule has 0 aliphatic heterocycles.